The van der Waals surface area contributed by atoms with Crippen molar-refractivity contribution >= 4 is 11.8 Å². The molecule has 3 aromatic carbocycles. The van der Waals surface area contributed by atoms with Gasteiger partial charge in [0.15, 0.2) is 0 Å². The van der Waals surface area contributed by atoms with Crippen LogP contribution < -0.4 is 5.32 Å². The molecule has 0 aliphatic carbocycles. The van der Waals surface area contributed by atoms with Crippen LogP contribution in [0.25, 0.3) is 0 Å². The van der Waals surface area contributed by atoms with Crippen molar-refractivity contribution < 1.29 is 9.59 Å². The van der Waals surface area contributed by atoms with Crippen molar-refractivity contribution in [3.8, 4) is 0 Å². The Morgan fingerprint density at radius 3 is 2.14 bits per heavy atom. The van der Waals surface area contributed by atoms with Gasteiger partial charge in [-0.3, -0.25) is 9.59 Å². The lowest BCUT2D eigenvalue weighted by Gasteiger charge is -2.41. The maximum atomic E-state index is 13.6. The molecule has 0 bridgehead atoms. The molecule has 1 aliphatic heterocycles. The third kappa shape index (κ3) is 6.19. The van der Waals surface area contributed by atoms with Gasteiger partial charge in [-0.15, -0.1) is 0 Å². The smallest absolute Gasteiger partial charge is 0.230 e. The molecule has 3 aromatic rings. The quantitative estimate of drug-likeness (QED) is 0.444. The van der Waals surface area contributed by atoms with E-state index >= 15 is 0 Å². The number of nitrogens with one attached hydrogen (secondary N) is 1. The Labute approximate surface area is 209 Å². The topological polar surface area (TPSA) is 49.4 Å². The minimum Gasteiger partial charge on any atom is -0.355 e. The maximum absolute atomic E-state index is 13.6. The number of hydrogen-bond acceptors (Lipinski definition) is 2. The average molecular weight is 469 g/mol. The average Bonchev–Trinajstić information content (AvgIpc) is 2.92. The minimum absolute atomic E-state index is 0.0829. The van der Waals surface area contributed by atoms with Crippen LogP contribution in [0.4, 0.5) is 0 Å². The van der Waals surface area contributed by atoms with Gasteiger partial charge in [-0.25, -0.2) is 0 Å². The van der Waals surface area contributed by atoms with Crippen LogP contribution in [0.3, 0.4) is 0 Å². The monoisotopic (exact) mass is 468 g/mol. The summed E-state index contributed by atoms with van der Waals surface area (Å²) in [5, 5.41) is 3.22. The number of carbonyl (C=O) groups is 2. The van der Waals surface area contributed by atoms with Gasteiger partial charge in [0.25, 0.3) is 0 Å². The number of amides is 2. The highest BCUT2D eigenvalue weighted by Gasteiger charge is 2.43. The van der Waals surface area contributed by atoms with Crippen LogP contribution in [0.15, 0.2) is 84.9 Å². The summed E-state index contributed by atoms with van der Waals surface area (Å²) in [5.41, 5.74) is 4.05. The molecule has 0 radical (unpaired) electrons. The van der Waals surface area contributed by atoms with E-state index in [-0.39, 0.29) is 11.8 Å². The number of carbonyl (C=O) groups excluding carboxylic acids is 2. The second kappa shape index (κ2) is 11.8. The molecule has 4 heteroatoms. The molecule has 1 N–H and O–H groups in total. The standard InChI is InChI=1S/C31H36N2O2/c1-2-25-13-9-14-27(23-25)24-29(34)33-21-18-31(19-22-33,28-16-7-4-8-17-28)30(35)32-20-10-15-26-11-5-3-6-12-26/h3-9,11-14,16-17,23H,2,10,15,18-22,24H2,1H3,(H,32,35). The fraction of sp³-hybridized carbons (Fsp3) is 0.355. The SMILES string of the molecule is CCc1cccc(CC(=O)N2CCC(C(=O)NCCCc3ccccc3)(c3ccccc3)CC2)c1. The molecular formula is C31H36N2O2. The van der Waals surface area contributed by atoms with Crippen LogP contribution in [0.2, 0.25) is 0 Å². The first-order valence-electron chi connectivity index (χ1n) is 12.8. The molecule has 0 spiro atoms. The molecule has 0 aromatic heterocycles. The van der Waals surface area contributed by atoms with E-state index < -0.39 is 5.41 Å². The van der Waals surface area contributed by atoms with Crippen molar-refractivity contribution in [1.29, 1.82) is 0 Å². The van der Waals surface area contributed by atoms with Gasteiger partial charge < -0.3 is 10.2 Å². The third-order valence-electron chi connectivity index (χ3n) is 7.26. The van der Waals surface area contributed by atoms with Gasteiger partial charge in [0, 0.05) is 19.6 Å². The number of hydrogen-bond donors (Lipinski definition) is 1. The first kappa shape index (κ1) is 24.7. The van der Waals surface area contributed by atoms with E-state index in [2.05, 4.69) is 48.6 Å². The lowest BCUT2D eigenvalue weighted by atomic mass is 9.72. The molecule has 0 unspecified atom stereocenters. The van der Waals surface area contributed by atoms with Crippen molar-refractivity contribution in [2.45, 2.75) is 50.9 Å². The highest BCUT2D eigenvalue weighted by molar-refractivity contribution is 5.89. The summed E-state index contributed by atoms with van der Waals surface area (Å²) in [5.74, 6) is 0.225. The van der Waals surface area contributed by atoms with Crippen molar-refractivity contribution in [1.82, 2.24) is 10.2 Å². The molecule has 1 aliphatic rings. The highest BCUT2D eigenvalue weighted by Crippen LogP contribution is 2.36. The molecule has 1 saturated heterocycles. The Kier molecular flexibility index (Phi) is 8.36. The summed E-state index contributed by atoms with van der Waals surface area (Å²) in [6.07, 6.45) is 4.51. The largest absolute Gasteiger partial charge is 0.355 e. The fourth-order valence-electron chi connectivity index (χ4n) is 5.10. The van der Waals surface area contributed by atoms with Gasteiger partial charge in [-0.1, -0.05) is 91.9 Å². The van der Waals surface area contributed by atoms with Gasteiger partial charge in [-0.05, 0) is 54.4 Å². The summed E-state index contributed by atoms with van der Waals surface area (Å²) < 4.78 is 0. The second-order valence-corrected chi connectivity index (χ2v) is 9.52. The van der Waals surface area contributed by atoms with E-state index in [1.807, 2.05) is 53.4 Å². The normalized spacial score (nSPS) is 14.9. The van der Waals surface area contributed by atoms with E-state index in [0.717, 1.165) is 30.4 Å². The molecule has 35 heavy (non-hydrogen) atoms. The number of rotatable bonds is 9. The zero-order valence-corrected chi connectivity index (χ0v) is 20.7. The summed E-state index contributed by atoms with van der Waals surface area (Å²) in [4.78, 5) is 28.5. The zero-order valence-electron chi connectivity index (χ0n) is 20.7. The van der Waals surface area contributed by atoms with E-state index in [4.69, 9.17) is 0 Å². The number of benzene rings is 3. The molecule has 2 amide bonds. The lowest BCUT2D eigenvalue weighted by Crippen LogP contribution is -2.53. The molecule has 4 rings (SSSR count). The summed E-state index contributed by atoms with van der Waals surface area (Å²) in [6, 6.07) is 28.7. The van der Waals surface area contributed by atoms with Crippen LogP contribution in [-0.4, -0.2) is 36.3 Å². The lowest BCUT2D eigenvalue weighted by molar-refractivity contribution is -0.136. The number of piperidine rings is 1. The van der Waals surface area contributed by atoms with E-state index in [1.54, 1.807) is 0 Å². The molecule has 182 valence electrons. The molecule has 1 heterocycles. The number of likely N-dealkylation sites (tertiary alicyclic amines) is 1. The van der Waals surface area contributed by atoms with Gasteiger partial charge in [0.05, 0.1) is 11.8 Å². The van der Waals surface area contributed by atoms with Crippen LogP contribution >= 0.6 is 0 Å². The third-order valence-corrected chi connectivity index (χ3v) is 7.26. The number of nitrogens with zero attached hydrogens (tertiary/aromatic N) is 1. The molecule has 1 fully saturated rings. The Balaban J connectivity index is 1.38. The van der Waals surface area contributed by atoms with Crippen LogP contribution in [0.5, 0.6) is 0 Å². The summed E-state index contributed by atoms with van der Waals surface area (Å²) in [6.45, 7) is 3.97. The summed E-state index contributed by atoms with van der Waals surface area (Å²) >= 11 is 0. The van der Waals surface area contributed by atoms with E-state index in [9.17, 15) is 9.59 Å². The Morgan fingerprint density at radius 2 is 1.46 bits per heavy atom. The van der Waals surface area contributed by atoms with Crippen molar-refractivity contribution in [3.05, 3.63) is 107 Å². The zero-order chi connectivity index (χ0) is 24.5. The predicted molar refractivity (Wildman–Crippen MR) is 141 cm³/mol. The van der Waals surface area contributed by atoms with Gasteiger partial charge in [0.1, 0.15) is 0 Å². The predicted octanol–water partition coefficient (Wildman–Crippen LogP) is 5.10. The van der Waals surface area contributed by atoms with Gasteiger partial charge in [0.2, 0.25) is 11.8 Å². The molecule has 0 saturated carbocycles. The Hall–Kier alpha value is -3.40. The Bertz CT molecular complexity index is 1100. The van der Waals surface area contributed by atoms with Crippen molar-refractivity contribution in [3.63, 3.8) is 0 Å². The van der Waals surface area contributed by atoms with Crippen LogP contribution in [0, 0.1) is 0 Å². The molecular weight excluding hydrogens is 432 g/mol. The molecule has 4 nitrogen and oxygen atoms in total. The van der Waals surface area contributed by atoms with Gasteiger partial charge in [-0.2, -0.15) is 0 Å². The van der Waals surface area contributed by atoms with Crippen molar-refractivity contribution in [2.24, 2.45) is 0 Å². The van der Waals surface area contributed by atoms with Crippen LogP contribution in [0.1, 0.15) is 48.4 Å². The fourth-order valence-corrected chi connectivity index (χ4v) is 5.10. The number of aryl methyl sites for hydroxylation is 2. The highest BCUT2D eigenvalue weighted by atomic mass is 16.2. The summed E-state index contributed by atoms with van der Waals surface area (Å²) in [7, 11) is 0. The second-order valence-electron chi connectivity index (χ2n) is 9.52. The Morgan fingerprint density at radius 1 is 0.829 bits per heavy atom. The maximum Gasteiger partial charge on any atom is 0.230 e. The first-order valence-corrected chi connectivity index (χ1v) is 12.8. The van der Waals surface area contributed by atoms with E-state index in [0.29, 0.717) is 38.9 Å². The minimum atomic E-state index is -0.590. The van der Waals surface area contributed by atoms with E-state index in [1.165, 1.54) is 11.1 Å². The first-order chi connectivity index (χ1) is 17.1. The molecule has 0 atom stereocenters. The van der Waals surface area contributed by atoms with Crippen LogP contribution in [-0.2, 0) is 34.3 Å². The van der Waals surface area contributed by atoms with Gasteiger partial charge >= 0.3 is 0 Å². The van der Waals surface area contributed by atoms with Crippen molar-refractivity contribution in [2.75, 3.05) is 19.6 Å².